The number of ether oxygens (including phenoxy) is 1. The van der Waals surface area contributed by atoms with Gasteiger partial charge in [0.1, 0.15) is 5.75 Å². The highest BCUT2D eigenvalue weighted by Crippen LogP contribution is 2.20. The third kappa shape index (κ3) is 3.49. The van der Waals surface area contributed by atoms with E-state index in [4.69, 9.17) is 4.74 Å². The molecule has 1 heterocycles. The van der Waals surface area contributed by atoms with Crippen LogP contribution in [0.3, 0.4) is 0 Å². The summed E-state index contributed by atoms with van der Waals surface area (Å²) in [5, 5.41) is 0. The van der Waals surface area contributed by atoms with Gasteiger partial charge in [-0.25, -0.2) is 4.39 Å². The standard InChI is InChI=1S/C17H17FN2O2/c1-3-10-20(12-13-6-4-5-7-16(13)22-2)17(21)14-8-9-19-11-15(14)18/h3-9,11H,1,10,12H2,2H3. The molecule has 1 aromatic carbocycles. The minimum atomic E-state index is -0.637. The predicted molar refractivity (Wildman–Crippen MR) is 82.1 cm³/mol. The Labute approximate surface area is 128 Å². The number of benzene rings is 1. The SMILES string of the molecule is C=CCN(Cc1ccccc1OC)C(=O)c1ccncc1F. The molecule has 22 heavy (non-hydrogen) atoms. The van der Waals surface area contributed by atoms with Crippen LogP contribution >= 0.6 is 0 Å². The second kappa shape index (κ2) is 7.36. The number of halogens is 1. The minimum Gasteiger partial charge on any atom is -0.496 e. The first-order valence-corrected chi connectivity index (χ1v) is 6.79. The van der Waals surface area contributed by atoms with Gasteiger partial charge >= 0.3 is 0 Å². The van der Waals surface area contributed by atoms with Crippen molar-refractivity contribution in [2.24, 2.45) is 0 Å². The number of rotatable bonds is 6. The monoisotopic (exact) mass is 300 g/mol. The molecule has 0 bridgehead atoms. The Bertz CT molecular complexity index is 673. The average Bonchev–Trinajstić information content (AvgIpc) is 2.55. The summed E-state index contributed by atoms with van der Waals surface area (Å²) < 4.78 is 19.1. The number of carbonyl (C=O) groups is 1. The molecule has 4 nitrogen and oxygen atoms in total. The van der Waals surface area contributed by atoms with E-state index in [9.17, 15) is 9.18 Å². The second-order valence-corrected chi connectivity index (χ2v) is 4.64. The van der Waals surface area contributed by atoms with Crippen molar-refractivity contribution >= 4 is 5.91 Å². The quantitative estimate of drug-likeness (QED) is 0.770. The molecule has 5 heteroatoms. The van der Waals surface area contributed by atoms with E-state index in [2.05, 4.69) is 11.6 Å². The number of aromatic nitrogens is 1. The van der Waals surface area contributed by atoms with E-state index in [1.807, 2.05) is 24.3 Å². The Balaban J connectivity index is 2.28. The van der Waals surface area contributed by atoms with E-state index < -0.39 is 11.7 Å². The molecular weight excluding hydrogens is 283 g/mol. The highest BCUT2D eigenvalue weighted by molar-refractivity contribution is 5.94. The molecule has 2 rings (SSSR count). The normalized spacial score (nSPS) is 10.1. The van der Waals surface area contributed by atoms with E-state index in [1.165, 1.54) is 17.2 Å². The fourth-order valence-electron chi connectivity index (χ4n) is 2.13. The van der Waals surface area contributed by atoms with Gasteiger partial charge in [-0.05, 0) is 12.1 Å². The van der Waals surface area contributed by atoms with Crippen LogP contribution in [0, 0.1) is 5.82 Å². The van der Waals surface area contributed by atoms with E-state index in [1.54, 1.807) is 13.2 Å². The van der Waals surface area contributed by atoms with Gasteiger partial charge < -0.3 is 9.64 Å². The van der Waals surface area contributed by atoms with Crippen LogP contribution in [-0.4, -0.2) is 29.4 Å². The molecule has 0 aliphatic heterocycles. The Hall–Kier alpha value is -2.69. The third-order valence-corrected chi connectivity index (χ3v) is 3.19. The van der Waals surface area contributed by atoms with E-state index in [0.29, 0.717) is 18.8 Å². The van der Waals surface area contributed by atoms with Crippen LogP contribution in [0.2, 0.25) is 0 Å². The Morgan fingerprint density at radius 3 is 2.86 bits per heavy atom. The van der Waals surface area contributed by atoms with Crippen LogP contribution in [0.25, 0.3) is 0 Å². The maximum Gasteiger partial charge on any atom is 0.257 e. The lowest BCUT2D eigenvalue weighted by molar-refractivity contribution is 0.0757. The smallest absolute Gasteiger partial charge is 0.257 e. The fraction of sp³-hybridized carbons (Fsp3) is 0.176. The van der Waals surface area contributed by atoms with Crippen molar-refractivity contribution < 1.29 is 13.9 Å². The van der Waals surface area contributed by atoms with Crippen LogP contribution < -0.4 is 4.74 Å². The Morgan fingerprint density at radius 1 is 1.41 bits per heavy atom. The van der Waals surface area contributed by atoms with Crippen molar-refractivity contribution in [3.05, 3.63) is 72.3 Å². The molecular formula is C17H17FN2O2. The third-order valence-electron chi connectivity index (χ3n) is 3.19. The molecule has 2 aromatic rings. The summed E-state index contributed by atoms with van der Waals surface area (Å²) in [7, 11) is 1.57. The van der Waals surface area contributed by atoms with E-state index in [-0.39, 0.29) is 5.56 Å². The average molecular weight is 300 g/mol. The number of hydrogen-bond donors (Lipinski definition) is 0. The molecule has 0 N–H and O–H groups in total. The van der Waals surface area contributed by atoms with Gasteiger partial charge in [-0.15, -0.1) is 6.58 Å². The first-order chi connectivity index (χ1) is 10.7. The zero-order chi connectivity index (χ0) is 15.9. The molecule has 0 unspecified atom stereocenters. The molecule has 0 radical (unpaired) electrons. The zero-order valence-corrected chi connectivity index (χ0v) is 12.3. The summed E-state index contributed by atoms with van der Waals surface area (Å²) in [5.41, 5.74) is 0.835. The molecule has 0 saturated heterocycles. The number of carbonyl (C=O) groups excluding carboxylic acids is 1. The summed E-state index contributed by atoms with van der Waals surface area (Å²) in [5.74, 6) is -0.369. The van der Waals surface area contributed by atoms with Crippen LogP contribution in [-0.2, 0) is 6.54 Å². The van der Waals surface area contributed by atoms with Gasteiger partial charge in [0.05, 0.1) is 18.9 Å². The number of para-hydroxylation sites is 1. The zero-order valence-electron chi connectivity index (χ0n) is 12.3. The van der Waals surface area contributed by atoms with Crippen molar-refractivity contribution in [3.8, 4) is 5.75 Å². The van der Waals surface area contributed by atoms with E-state index >= 15 is 0 Å². The number of methoxy groups -OCH3 is 1. The molecule has 0 saturated carbocycles. The van der Waals surface area contributed by atoms with Crippen molar-refractivity contribution in [1.29, 1.82) is 0 Å². The van der Waals surface area contributed by atoms with Crippen molar-refractivity contribution in [1.82, 2.24) is 9.88 Å². The Morgan fingerprint density at radius 2 is 2.18 bits per heavy atom. The summed E-state index contributed by atoms with van der Waals surface area (Å²) in [6.07, 6.45) is 4.03. The highest BCUT2D eigenvalue weighted by atomic mass is 19.1. The molecule has 1 amide bonds. The summed E-state index contributed by atoms with van der Waals surface area (Å²) >= 11 is 0. The largest absolute Gasteiger partial charge is 0.496 e. The van der Waals surface area contributed by atoms with Crippen molar-refractivity contribution in [3.63, 3.8) is 0 Å². The fourth-order valence-corrected chi connectivity index (χ4v) is 2.13. The van der Waals surface area contributed by atoms with Gasteiger partial charge in [0.15, 0.2) is 5.82 Å². The Kier molecular flexibility index (Phi) is 5.25. The number of hydrogen-bond acceptors (Lipinski definition) is 3. The van der Waals surface area contributed by atoms with Crippen LogP contribution in [0.5, 0.6) is 5.75 Å². The van der Waals surface area contributed by atoms with Gasteiger partial charge in [0.2, 0.25) is 0 Å². The van der Waals surface area contributed by atoms with Crippen molar-refractivity contribution in [2.75, 3.05) is 13.7 Å². The lowest BCUT2D eigenvalue weighted by atomic mass is 10.1. The maximum absolute atomic E-state index is 13.8. The van der Waals surface area contributed by atoms with Gasteiger partial charge in [0, 0.05) is 24.8 Å². The molecule has 0 spiro atoms. The molecule has 0 fully saturated rings. The second-order valence-electron chi connectivity index (χ2n) is 4.64. The number of nitrogens with zero attached hydrogens (tertiary/aromatic N) is 2. The first-order valence-electron chi connectivity index (χ1n) is 6.79. The molecule has 0 atom stereocenters. The number of amides is 1. The summed E-state index contributed by atoms with van der Waals surface area (Å²) in [6.45, 7) is 4.26. The summed E-state index contributed by atoms with van der Waals surface area (Å²) in [6, 6.07) is 8.77. The lowest BCUT2D eigenvalue weighted by Gasteiger charge is -2.22. The van der Waals surface area contributed by atoms with Crippen LogP contribution in [0.4, 0.5) is 4.39 Å². The van der Waals surface area contributed by atoms with Crippen LogP contribution in [0.15, 0.2) is 55.4 Å². The maximum atomic E-state index is 13.8. The van der Waals surface area contributed by atoms with E-state index in [0.717, 1.165) is 11.8 Å². The molecule has 114 valence electrons. The number of pyridine rings is 1. The topological polar surface area (TPSA) is 42.4 Å². The van der Waals surface area contributed by atoms with Crippen molar-refractivity contribution in [2.45, 2.75) is 6.54 Å². The minimum absolute atomic E-state index is 0.00764. The molecule has 1 aromatic heterocycles. The van der Waals surface area contributed by atoms with Gasteiger partial charge in [0.25, 0.3) is 5.91 Å². The predicted octanol–water partition coefficient (Wildman–Crippen LogP) is 3.06. The van der Waals surface area contributed by atoms with Gasteiger partial charge in [-0.1, -0.05) is 24.3 Å². The molecule has 0 aliphatic carbocycles. The van der Waals surface area contributed by atoms with Crippen LogP contribution in [0.1, 0.15) is 15.9 Å². The van der Waals surface area contributed by atoms with Gasteiger partial charge in [-0.2, -0.15) is 0 Å². The first kappa shape index (κ1) is 15.7. The van der Waals surface area contributed by atoms with Gasteiger partial charge in [-0.3, -0.25) is 9.78 Å². The highest BCUT2D eigenvalue weighted by Gasteiger charge is 2.19. The summed E-state index contributed by atoms with van der Waals surface area (Å²) in [4.78, 5) is 17.7. The lowest BCUT2D eigenvalue weighted by Crippen LogP contribution is -2.31. The molecule has 0 aliphatic rings.